The van der Waals surface area contributed by atoms with Crippen molar-refractivity contribution in [2.75, 3.05) is 19.6 Å². The maximum absolute atomic E-state index is 14.5. The minimum atomic E-state index is -3.60. The van der Waals surface area contributed by atoms with Gasteiger partial charge in [0.2, 0.25) is 27.6 Å². The highest BCUT2D eigenvalue weighted by Gasteiger charge is 2.70. The van der Waals surface area contributed by atoms with Gasteiger partial charge in [-0.05, 0) is 61.2 Å². The lowest BCUT2D eigenvalue weighted by molar-refractivity contribution is -0.145. The summed E-state index contributed by atoms with van der Waals surface area (Å²) in [5, 5.41) is 10.8. The summed E-state index contributed by atoms with van der Waals surface area (Å²) in [5.74, 6) is -2.32. The summed E-state index contributed by atoms with van der Waals surface area (Å²) >= 11 is 0. The van der Waals surface area contributed by atoms with Gasteiger partial charge in [0.1, 0.15) is 12.1 Å². The zero-order chi connectivity index (χ0) is 36.1. The first-order valence-corrected chi connectivity index (χ1v) is 19.9. The highest BCUT2D eigenvalue weighted by molar-refractivity contribution is 7.90. The number of rotatable bonds is 12. The second-order valence-corrected chi connectivity index (χ2v) is 18.9. The number of hydrogen-bond donors (Lipinski definition) is 4. The van der Waals surface area contributed by atoms with E-state index in [4.69, 9.17) is 0 Å². The van der Waals surface area contributed by atoms with Gasteiger partial charge in [-0.25, -0.2) is 17.5 Å². The zero-order valence-corrected chi connectivity index (χ0v) is 31.2. The van der Waals surface area contributed by atoms with E-state index >= 15 is 0 Å². The van der Waals surface area contributed by atoms with Gasteiger partial charge in [0.15, 0.2) is 0 Å². The van der Waals surface area contributed by atoms with Gasteiger partial charge < -0.3 is 26.2 Å². The molecule has 0 spiro atoms. The summed E-state index contributed by atoms with van der Waals surface area (Å²) < 4.78 is 28.5. The highest BCUT2D eigenvalue weighted by atomic mass is 32.2. The zero-order valence-electron chi connectivity index (χ0n) is 30.4. The van der Waals surface area contributed by atoms with Crippen LogP contribution in [-0.2, 0) is 29.2 Å². The Morgan fingerprint density at radius 1 is 0.939 bits per heavy atom. The second-order valence-electron chi connectivity index (χ2n) is 16.8. The number of ketones is 1. The van der Waals surface area contributed by atoms with Crippen LogP contribution in [-0.4, -0.2) is 102 Å². The molecule has 13 nitrogen and oxygen atoms in total. The van der Waals surface area contributed by atoms with E-state index in [1.54, 1.807) is 4.90 Å². The first-order chi connectivity index (χ1) is 22.9. The van der Waals surface area contributed by atoms with Gasteiger partial charge in [-0.15, -0.1) is 0 Å². The molecule has 0 radical (unpaired) electrons. The van der Waals surface area contributed by atoms with E-state index in [9.17, 15) is 32.4 Å². The normalized spacial score (nSPS) is 29.7. The molecule has 3 aliphatic carbocycles. The first kappa shape index (κ1) is 37.5. The molecule has 5 fully saturated rings. The molecular weight excluding hydrogens is 648 g/mol. The monoisotopic (exact) mass is 706 g/mol. The van der Waals surface area contributed by atoms with Gasteiger partial charge in [0, 0.05) is 25.7 Å². The molecule has 3 saturated carbocycles. The lowest BCUT2D eigenvalue weighted by atomic mass is 9.78. The third-order valence-electron chi connectivity index (χ3n) is 11.9. The lowest BCUT2D eigenvalue weighted by Crippen LogP contribution is -2.65. The number of nitrogens with zero attached hydrogens (tertiary/aromatic N) is 2. The fraction of sp³-hybridized carbons (Fsp3) is 0.857. The Labute approximate surface area is 291 Å². The van der Waals surface area contributed by atoms with E-state index in [1.165, 1.54) is 4.31 Å². The van der Waals surface area contributed by atoms with Crippen LogP contribution >= 0.6 is 0 Å². The average Bonchev–Trinajstić information content (AvgIpc) is 3.82. The number of fused-ring (bicyclic) bond motifs is 1. The molecular formula is C35H58N6O7S. The van der Waals surface area contributed by atoms with Crippen molar-refractivity contribution in [3.8, 4) is 0 Å². The fourth-order valence-corrected chi connectivity index (χ4v) is 11.2. The molecule has 14 heteroatoms. The van der Waals surface area contributed by atoms with E-state index in [-0.39, 0.29) is 23.3 Å². The van der Waals surface area contributed by atoms with Crippen LogP contribution in [0.1, 0.15) is 113 Å². The third kappa shape index (κ3) is 7.36. The largest absolute Gasteiger partial charge is 0.347 e. The third-order valence-corrected chi connectivity index (χ3v) is 14.5. The number of piperidine rings is 1. The molecule has 4 N–H and O–H groups in total. The Morgan fingerprint density at radius 2 is 1.59 bits per heavy atom. The molecule has 0 aromatic rings. The van der Waals surface area contributed by atoms with Gasteiger partial charge in [-0.3, -0.25) is 19.2 Å². The molecule has 5 rings (SSSR count). The van der Waals surface area contributed by atoms with Gasteiger partial charge in [0.25, 0.3) is 5.91 Å². The van der Waals surface area contributed by atoms with E-state index < -0.39 is 73.9 Å². The number of nitrogens with one attached hydrogen (secondary N) is 4. The number of carbonyl (C=O) groups excluding carboxylic acids is 5. The second kappa shape index (κ2) is 13.8. The van der Waals surface area contributed by atoms with Crippen molar-refractivity contribution in [3.63, 3.8) is 0 Å². The molecule has 49 heavy (non-hydrogen) atoms. The van der Waals surface area contributed by atoms with Crippen LogP contribution in [0.25, 0.3) is 0 Å². The van der Waals surface area contributed by atoms with Gasteiger partial charge in [0.05, 0.1) is 16.8 Å². The SMILES string of the molecule is CCC[C@H](NC(=O)[C@@H]1[C@@H]2[C@H](CN1C(=O)[C@@H](NC(=O)NC1(C3CCN(CC)S3(=O)=O)CCCCC1)C(C)(C)C)C2(C)C)C(=O)C(=O)NC1CC1. The van der Waals surface area contributed by atoms with Gasteiger partial charge >= 0.3 is 6.03 Å². The Morgan fingerprint density at radius 3 is 2.14 bits per heavy atom. The molecule has 2 heterocycles. The Hall–Kier alpha value is -2.74. The number of Topliss-reactive ketones (excluding diaryl/α,β-unsaturated/α-hetero) is 1. The molecule has 1 unspecified atom stereocenters. The topological polar surface area (TPSA) is 174 Å². The van der Waals surface area contributed by atoms with Crippen molar-refractivity contribution >= 4 is 39.6 Å². The summed E-state index contributed by atoms with van der Waals surface area (Å²) in [6.07, 6.45) is 6.61. The van der Waals surface area contributed by atoms with Crippen LogP contribution in [0.15, 0.2) is 0 Å². The number of sulfonamides is 1. The summed E-state index contributed by atoms with van der Waals surface area (Å²) in [4.78, 5) is 69.7. The van der Waals surface area contributed by atoms with Crippen LogP contribution in [0.5, 0.6) is 0 Å². The molecule has 0 bridgehead atoms. The Balaban J connectivity index is 1.34. The number of likely N-dealkylation sites (tertiary alicyclic amines) is 1. The van der Waals surface area contributed by atoms with Crippen molar-refractivity contribution < 1.29 is 32.4 Å². The van der Waals surface area contributed by atoms with E-state index in [2.05, 4.69) is 35.1 Å². The molecule has 2 aliphatic heterocycles. The van der Waals surface area contributed by atoms with Gasteiger partial charge in [-0.2, -0.15) is 0 Å². The molecule has 276 valence electrons. The van der Waals surface area contributed by atoms with Crippen molar-refractivity contribution in [1.82, 2.24) is 30.5 Å². The molecule has 2 saturated heterocycles. The van der Waals surface area contributed by atoms with E-state index in [1.807, 2.05) is 34.6 Å². The molecule has 0 aromatic heterocycles. The van der Waals surface area contributed by atoms with Crippen molar-refractivity contribution in [3.05, 3.63) is 0 Å². The van der Waals surface area contributed by atoms with Crippen LogP contribution in [0, 0.1) is 22.7 Å². The molecule has 0 aromatic carbocycles. The summed E-state index contributed by atoms with van der Waals surface area (Å²) in [6.45, 7) is 14.5. The number of urea groups is 1. The van der Waals surface area contributed by atoms with Crippen LogP contribution < -0.4 is 21.3 Å². The van der Waals surface area contributed by atoms with E-state index in [0.29, 0.717) is 51.7 Å². The number of hydrogen-bond acceptors (Lipinski definition) is 7. The predicted octanol–water partition coefficient (Wildman–Crippen LogP) is 2.44. The summed E-state index contributed by atoms with van der Waals surface area (Å²) in [6, 6.07) is -3.48. The average molecular weight is 707 g/mol. The highest BCUT2D eigenvalue weighted by Crippen LogP contribution is 2.65. The first-order valence-electron chi connectivity index (χ1n) is 18.4. The minimum Gasteiger partial charge on any atom is -0.347 e. The van der Waals surface area contributed by atoms with Crippen molar-refractivity contribution in [2.24, 2.45) is 22.7 Å². The smallest absolute Gasteiger partial charge is 0.315 e. The predicted molar refractivity (Wildman–Crippen MR) is 185 cm³/mol. The van der Waals surface area contributed by atoms with Crippen molar-refractivity contribution in [1.29, 1.82) is 0 Å². The van der Waals surface area contributed by atoms with Crippen LogP contribution in [0.2, 0.25) is 0 Å². The maximum Gasteiger partial charge on any atom is 0.315 e. The molecule has 5 amide bonds. The maximum atomic E-state index is 14.5. The lowest BCUT2D eigenvalue weighted by Gasteiger charge is -2.43. The standard InChI is InChI=1S/C35H58N6O7S/c1-8-13-23(27(42)30(44)36-21-14-15-21)37-29(43)26-25-22(34(25,6)7)20-41(26)31(45)28(33(3,4)5)38-32(46)39-35(17-11-10-12-18-35)24-16-19-40(9-2)49(24,47)48/h21-26,28H,8-20H2,1-7H3,(H,36,44)(H,37,43)(H2,38,39,46)/t22-,23-,24?,25-,26-,28+/m0/s1. The Bertz CT molecular complexity index is 1430. The fourth-order valence-electron chi connectivity index (χ4n) is 8.80. The Kier molecular flexibility index (Phi) is 10.5. The quantitative estimate of drug-likeness (QED) is 0.226. The summed E-state index contributed by atoms with van der Waals surface area (Å²) in [5.41, 5.74) is -1.89. The number of carbonyl (C=O) groups is 5. The minimum absolute atomic E-state index is 0.00557. The van der Waals surface area contributed by atoms with E-state index in [0.717, 1.165) is 32.1 Å². The molecule has 5 aliphatic rings. The van der Waals surface area contributed by atoms with Gasteiger partial charge in [-0.1, -0.05) is 74.1 Å². The molecule has 6 atom stereocenters. The van der Waals surface area contributed by atoms with Crippen LogP contribution in [0.4, 0.5) is 4.79 Å². The van der Waals surface area contributed by atoms with Crippen LogP contribution in [0.3, 0.4) is 0 Å². The van der Waals surface area contributed by atoms with Crippen molar-refractivity contribution in [2.45, 2.75) is 148 Å². The summed E-state index contributed by atoms with van der Waals surface area (Å²) in [7, 11) is -3.60. The number of amides is 5.